The number of ether oxygens (including phenoxy) is 1. The van der Waals surface area contributed by atoms with Crippen LogP contribution in [0.25, 0.3) is 10.9 Å². The molecule has 0 aliphatic heterocycles. The van der Waals surface area contributed by atoms with Gasteiger partial charge in [-0.2, -0.15) is 0 Å². The van der Waals surface area contributed by atoms with Gasteiger partial charge in [-0.05, 0) is 25.0 Å². The number of fused-ring (bicyclic) bond motifs is 1. The molecule has 0 bridgehead atoms. The van der Waals surface area contributed by atoms with Gasteiger partial charge in [-0.25, -0.2) is 13.2 Å². The number of nitro groups is 1. The molecule has 0 aliphatic rings. The molecule has 0 saturated carbocycles. The van der Waals surface area contributed by atoms with Crippen LogP contribution in [0.4, 0.5) is 11.4 Å². The van der Waals surface area contributed by atoms with Crippen molar-refractivity contribution in [3.63, 3.8) is 0 Å². The van der Waals surface area contributed by atoms with Gasteiger partial charge in [0, 0.05) is 36.7 Å². The molecule has 0 amide bonds. The van der Waals surface area contributed by atoms with Crippen LogP contribution in [0.5, 0.6) is 0 Å². The second-order valence-corrected chi connectivity index (χ2v) is 9.39. The average Bonchev–Trinajstić information content (AvgIpc) is 3.15. The van der Waals surface area contributed by atoms with Gasteiger partial charge in [-0.1, -0.05) is 24.3 Å². The maximum absolute atomic E-state index is 12.9. The van der Waals surface area contributed by atoms with Gasteiger partial charge in [0.05, 0.1) is 35.1 Å². The van der Waals surface area contributed by atoms with Gasteiger partial charge in [0.2, 0.25) is 15.9 Å². The molecule has 33 heavy (non-hydrogen) atoms. The Kier molecular flexibility index (Phi) is 6.82. The molecule has 0 atom stereocenters. The molecule has 2 aromatic carbocycles. The summed E-state index contributed by atoms with van der Waals surface area (Å²) in [4.78, 5) is 35.5. The zero-order chi connectivity index (χ0) is 24.3. The first-order chi connectivity index (χ1) is 15.5. The molecule has 1 aromatic heterocycles. The Morgan fingerprint density at radius 1 is 1.18 bits per heavy atom. The molecule has 3 rings (SSSR count). The number of sulfonamides is 1. The molecule has 0 unspecified atom stereocenters. The maximum atomic E-state index is 12.9. The summed E-state index contributed by atoms with van der Waals surface area (Å²) in [6.07, 6.45) is 2.57. The van der Waals surface area contributed by atoms with E-state index in [0.717, 1.165) is 10.6 Å². The fourth-order valence-corrected chi connectivity index (χ4v) is 4.61. The maximum Gasteiger partial charge on any atom is 0.340 e. The molecule has 0 spiro atoms. The largest absolute Gasteiger partial charge is 0.465 e. The topological polar surface area (TPSA) is 129 Å². The zero-order valence-electron chi connectivity index (χ0n) is 18.3. The van der Waals surface area contributed by atoms with Crippen molar-refractivity contribution in [1.82, 2.24) is 4.57 Å². The summed E-state index contributed by atoms with van der Waals surface area (Å²) in [6, 6.07) is 10.9. The number of carbonyl (C=O) groups excluding carboxylic acids is 2. The van der Waals surface area contributed by atoms with Crippen LogP contribution in [0.1, 0.15) is 33.6 Å². The second-order valence-electron chi connectivity index (χ2n) is 7.48. The number of hydrogen-bond acceptors (Lipinski definition) is 7. The van der Waals surface area contributed by atoms with E-state index in [0.29, 0.717) is 16.5 Å². The van der Waals surface area contributed by atoms with Crippen molar-refractivity contribution in [3.8, 4) is 0 Å². The van der Waals surface area contributed by atoms with Crippen molar-refractivity contribution in [2.75, 3.05) is 24.2 Å². The first-order valence-corrected chi connectivity index (χ1v) is 11.8. The number of nitrogens with zero attached hydrogens (tertiary/aromatic N) is 3. The van der Waals surface area contributed by atoms with E-state index in [-0.39, 0.29) is 42.2 Å². The first kappa shape index (κ1) is 23.9. The molecule has 10 nitrogen and oxygen atoms in total. The lowest BCUT2D eigenvalue weighted by Gasteiger charge is -2.24. The number of methoxy groups -OCH3 is 1. The molecule has 1 heterocycles. The lowest BCUT2D eigenvalue weighted by Crippen LogP contribution is -2.32. The van der Waals surface area contributed by atoms with Crippen molar-refractivity contribution in [2.24, 2.45) is 0 Å². The molecule has 3 aromatic rings. The third-order valence-corrected chi connectivity index (χ3v) is 6.39. The number of para-hydroxylation sites is 1. The Hall–Kier alpha value is -3.73. The Labute approximate surface area is 190 Å². The number of rotatable bonds is 8. The Morgan fingerprint density at radius 2 is 1.88 bits per heavy atom. The Balaban J connectivity index is 1.84. The molecular weight excluding hydrogens is 450 g/mol. The summed E-state index contributed by atoms with van der Waals surface area (Å²) in [5.41, 5.74) is 1.31. The molecule has 0 N–H and O–H groups in total. The van der Waals surface area contributed by atoms with Crippen molar-refractivity contribution < 1.29 is 27.7 Å². The summed E-state index contributed by atoms with van der Waals surface area (Å²) in [6.45, 7) is 1.61. The number of benzene rings is 2. The van der Waals surface area contributed by atoms with E-state index in [9.17, 15) is 28.1 Å². The molecule has 0 fully saturated rings. The smallest absolute Gasteiger partial charge is 0.340 e. The van der Waals surface area contributed by atoms with E-state index in [1.807, 2.05) is 0 Å². The van der Waals surface area contributed by atoms with Gasteiger partial charge in [-0.3, -0.25) is 23.8 Å². The van der Waals surface area contributed by atoms with Gasteiger partial charge in [-0.15, -0.1) is 0 Å². The highest BCUT2D eigenvalue weighted by atomic mass is 32.2. The molecule has 0 aliphatic carbocycles. The average molecular weight is 474 g/mol. The van der Waals surface area contributed by atoms with E-state index >= 15 is 0 Å². The number of anilines is 1. The van der Waals surface area contributed by atoms with Gasteiger partial charge in [0.25, 0.3) is 5.69 Å². The number of esters is 1. The van der Waals surface area contributed by atoms with Crippen molar-refractivity contribution in [1.29, 1.82) is 0 Å². The minimum Gasteiger partial charge on any atom is -0.465 e. The van der Waals surface area contributed by atoms with Crippen LogP contribution in [0.15, 0.2) is 48.7 Å². The number of hydrogen-bond donors (Lipinski definition) is 0. The van der Waals surface area contributed by atoms with Crippen LogP contribution in [-0.4, -0.2) is 49.7 Å². The van der Waals surface area contributed by atoms with E-state index in [2.05, 4.69) is 0 Å². The van der Waals surface area contributed by atoms with Gasteiger partial charge in [0.15, 0.2) is 0 Å². The van der Waals surface area contributed by atoms with Crippen LogP contribution >= 0.6 is 0 Å². The minimum atomic E-state index is -3.76. The molecule has 0 radical (unpaired) electrons. The summed E-state index contributed by atoms with van der Waals surface area (Å²) in [7, 11) is -2.50. The fraction of sp³-hybridized carbons (Fsp3) is 0.273. The van der Waals surface area contributed by atoms with Crippen molar-refractivity contribution in [3.05, 3.63) is 69.9 Å². The predicted octanol–water partition coefficient (Wildman–Crippen LogP) is 3.53. The third-order valence-electron chi connectivity index (χ3n) is 5.21. The SMILES string of the molecule is COC(=O)c1cn(C(=O)CCCN(c2cc([N+](=O)[O-])ccc2C)S(C)(=O)=O)c2ccccc12. The number of nitro benzene ring substituents is 1. The van der Waals surface area contributed by atoms with Crippen LogP contribution in [0.3, 0.4) is 0 Å². The van der Waals surface area contributed by atoms with E-state index in [1.54, 1.807) is 31.2 Å². The quantitative estimate of drug-likeness (QED) is 0.278. The van der Waals surface area contributed by atoms with E-state index in [4.69, 9.17) is 4.74 Å². The summed E-state index contributed by atoms with van der Waals surface area (Å²) < 4.78 is 32.0. The molecule has 174 valence electrons. The lowest BCUT2D eigenvalue weighted by molar-refractivity contribution is -0.384. The van der Waals surface area contributed by atoms with E-state index < -0.39 is 20.9 Å². The second kappa shape index (κ2) is 9.41. The van der Waals surface area contributed by atoms with Gasteiger partial charge < -0.3 is 4.74 Å². The zero-order valence-corrected chi connectivity index (χ0v) is 19.2. The normalized spacial score (nSPS) is 11.4. The highest BCUT2D eigenvalue weighted by molar-refractivity contribution is 7.92. The number of non-ortho nitro benzene ring substituents is 1. The predicted molar refractivity (Wildman–Crippen MR) is 123 cm³/mol. The molecule has 0 saturated heterocycles. The lowest BCUT2D eigenvalue weighted by atomic mass is 10.1. The fourth-order valence-electron chi connectivity index (χ4n) is 3.60. The van der Waals surface area contributed by atoms with Crippen LogP contribution in [-0.2, 0) is 14.8 Å². The van der Waals surface area contributed by atoms with Crippen molar-refractivity contribution in [2.45, 2.75) is 19.8 Å². The first-order valence-electron chi connectivity index (χ1n) is 9.99. The van der Waals surface area contributed by atoms with Gasteiger partial charge >= 0.3 is 5.97 Å². The van der Waals surface area contributed by atoms with E-state index in [1.165, 1.54) is 36.1 Å². The van der Waals surface area contributed by atoms with Crippen LogP contribution in [0, 0.1) is 17.0 Å². The summed E-state index contributed by atoms with van der Waals surface area (Å²) in [5.74, 6) is -0.896. The van der Waals surface area contributed by atoms with Gasteiger partial charge in [0.1, 0.15) is 0 Å². The molecule has 11 heteroatoms. The Morgan fingerprint density at radius 3 is 2.52 bits per heavy atom. The number of carbonyl (C=O) groups is 2. The highest BCUT2D eigenvalue weighted by Gasteiger charge is 2.23. The summed E-state index contributed by atoms with van der Waals surface area (Å²) >= 11 is 0. The van der Waals surface area contributed by atoms with Crippen LogP contribution < -0.4 is 4.31 Å². The monoisotopic (exact) mass is 473 g/mol. The molecular formula is C22H23N3O7S. The highest BCUT2D eigenvalue weighted by Crippen LogP contribution is 2.28. The summed E-state index contributed by atoms with van der Waals surface area (Å²) in [5, 5.41) is 11.7. The standard InChI is InChI=1S/C22H23N3O7S/c1-15-10-11-16(25(28)29)13-20(15)24(33(3,30)31)12-6-9-21(26)23-14-18(22(27)32-2)17-7-4-5-8-19(17)23/h4-5,7-8,10-11,13-14H,6,9,12H2,1-3H3. The van der Waals surface area contributed by atoms with Crippen LogP contribution in [0.2, 0.25) is 0 Å². The third kappa shape index (κ3) is 5.03. The number of aryl methyl sites for hydroxylation is 1. The minimum absolute atomic E-state index is 0.0146. The number of aromatic nitrogens is 1. The Bertz CT molecular complexity index is 1350. The van der Waals surface area contributed by atoms with Crippen molar-refractivity contribution >= 4 is 44.2 Å².